The molecule has 0 amide bonds. The summed E-state index contributed by atoms with van der Waals surface area (Å²) in [7, 11) is 0. The molecule has 6 heteroatoms. The molecule has 2 aromatic rings. The summed E-state index contributed by atoms with van der Waals surface area (Å²) in [6.45, 7) is 0.168. The zero-order valence-corrected chi connectivity index (χ0v) is 13.4. The smallest absolute Gasteiger partial charge is 0.335 e. The Morgan fingerprint density at radius 3 is 2.32 bits per heavy atom. The summed E-state index contributed by atoms with van der Waals surface area (Å²) in [5.74, 6) is -1.67. The molecule has 5 nitrogen and oxygen atoms in total. The van der Waals surface area contributed by atoms with E-state index < -0.39 is 23.6 Å². The van der Waals surface area contributed by atoms with Gasteiger partial charge in [0.05, 0.1) is 5.56 Å². The first-order chi connectivity index (χ1) is 12.0. The van der Waals surface area contributed by atoms with Gasteiger partial charge in [0.1, 0.15) is 12.8 Å². The van der Waals surface area contributed by atoms with Crippen LogP contribution in [0.3, 0.4) is 0 Å². The number of carbonyl (C=O) groups is 2. The fraction of sp³-hybridized carbons (Fsp3) is 0.263. The predicted octanol–water partition coefficient (Wildman–Crippen LogP) is 2.35. The molecule has 0 radical (unpaired) electrons. The number of alkyl halides is 1. The molecule has 0 aromatic heterocycles. The van der Waals surface area contributed by atoms with Crippen LogP contribution in [0.15, 0.2) is 54.6 Å². The lowest BCUT2D eigenvalue weighted by molar-refractivity contribution is -0.161. The van der Waals surface area contributed by atoms with Gasteiger partial charge in [0, 0.05) is 13.0 Å². The first-order valence-electron chi connectivity index (χ1n) is 7.94. The summed E-state index contributed by atoms with van der Waals surface area (Å²) >= 11 is 0. The van der Waals surface area contributed by atoms with E-state index in [1.807, 2.05) is 30.3 Å². The van der Waals surface area contributed by atoms with Crippen molar-refractivity contribution in [3.8, 4) is 0 Å². The molecule has 2 aromatic carbocycles. The van der Waals surface area contributed by atoms with Gasteiger partial charge in [-0.1, -0.05) is 42.5 Å². The minimum Gasteiger partial charge on any atom is -0.478 e. The van der Waals surface area contributed by atoms with Crippen molar-refractivity contribution in [2.45, 2.75) is 24.7 Å². The molecule has 1 fully saturated rings. The van der Waals surface area contributed by atoms with E-state index in [4.69, 9.17) is 9.84 Å². The molecule has 0 aliphatic carbocycles. The number of nitrogens with one attached hydrogen (secondary N) is 1. The highest BCUT2D eigenvalue weighted by Gasteiger charge is 2.54. The van der Waals surface area contributed by atoms with Crippen molar-refractivity contribution in [3.05, 3.63) is 71.3 Å². The molecular formula is C19H18FNO4. The van der Waals surface area contributed by atoms with Gasteiger partial charge in [0.25, 0.3) is 0 Å². The number of benzene rings is 2. The fourth-order valence-corrected chi connectivity index (χ4v) is 2.81. The number of carbonyl (C=O) groups excluding carboxylic acids is 1. The second-order valence-corrected chi connectivity index (χ2v) is 6.06. The predicted molar refractivity (Wildman–Crippen MR) is 89.0 cm³/mol. The second-order valence-electron chi connectivity index (χ2n) is 6.06. The van der Waals surface area contributed by atoms with E-state index in [1.54, 1.807) is 12.1 Å². The van der Waals surface area contributed by atoms with Crippen molar-refractivity contribution in [2.75, 3.05) is 6.54 Å². The van der Waals surface area contributed by atoms with Gasteiger partial charge in [0.15, 0.2) is 5.54 Å². The van der Waals surface area contributed by atoms with E-state index in [0.717, 1.165) is 5.56 Å². The monoisotopic (exact) mass is 343 g/mol. The highest BCUT2D eigenvalue weighted by Crippen LogP contribution is 2.29. The zero-order valence-electron chi connectivity index (χ0n) is 13.4. The van der Waals surface area contributed by atoms with Gasteiger partial charge in [-0.2, -0.15) is 0 Å². The largest absolute Gasteiger partial charge is 0.478 e. The maximum absolute atomic E-state index is 14.2. The van der Waals surface area contributed by atoms with E-state index in [1.165, 1.54) is 12.1 Å². The SMILES string of the molecule is O=C(O)c1ccc(C[C@@]2(C(=O)OCc3ccccc3)NC[C@@H]2F)cc1. The minimum atomic E-state index is -1.42. The number of carboxylic acid groups (broad SMARTS) is 1. The van der Waals surface area contributed by atoms with Gasteiger partial charge >= 0.3 is 11.9 Å². The van der Waals surface area contributed by atoms with Crippen LogP contribution in [0, 0.1) is 0 Å². The number of rotatable bonds is 6. The molecule has 130 valence electrons. The average Bonchev–Trinajstić information content (AvgIpc) is 2.64. The number of esters is 1. The standard InChI is InChI=1S/C19H18FNO4/c20-16-11-21-19(16,10-13-6-8-15(9-7-13)17(22)23)18(24)25-12-14-4-2-1-3-5-14/h1-9,16,21H,10-12H2,(H,22,23)/t16-,19+/m0/s1. The Morgan fingerprint density at radius 1 is 1.12 bits per heavy atom. The van der Waals surface area contributed by atoms with Crippen LogP contribution in [0.5, 0.6) is 0 Å². The summed E-state index contributed by atoms with van der Waals surface area (Å²) in [6.07, 6.45) is -1.25. The maximum atomic E-state index is 14.2. The topological polar surface area (TPSA) is 75.6 Å². The van der Waals surface area contributed by atoms with Crippen LogP contribution in [-0.4, -0.2) is 35.3 Å². The van der Waals surface area contributed by atoms with E-state index in [9.17, 15) is 14.0 Å². The van der Waals surface area contributed by atoms with Crippen molar-refractivity contribution < 1.29 is 23.8 Å². The highest BCUT2D eigenvalue weighted by atomic mass is 19.1. The number of carboxylic acids is 1. The summed E-state index contributed by atoms with van der Waals surface area (Å²) in [5, 5.41) is 11.8. The first kappa shape index (κ1) is 17.1. The highest BCUT2D eigenvalue weighted by molar-refractivity contribution is 5.87. The van der Waals surface area contributed by atoms with E-state index in [-0.39, 0.29) is 25.1 Å². The van der Waals surface area contributed by atoms with Crippen LogP contribution in [0.4, 0.5) is 4.39 Å². The minimum absolute atomic E-state index is 0.0772. The lowest BCUT2D eigenvalue weighted by Crippen LogP contribution is -2.73. The van der Waals surface area contributed by atoms with Crippen molar-refractivity contribution in [2.24, 2.45) is 0 Å². The Kier molecular flexibility index (Phi) is 4.81. The third-order valence-electron chi connectivity index (χ3n) is 4.39. The number of hydrogen-bond acceptors (Lipinski definition) is 4. The molecule has 0 spiro atoms. The number of hydrogen-bond donors (Lipinski definition) is 2. The Hall–Kier alpha value is -2.73. The third-order valence-corrected chi connectivity index (χ3v) is 4.39. The molecule has 25 heavy (non-hydrogen) atoms. The van der Waals surface area contributed by atoms with Crippen molar-refractivity contribution in [1.82, 2.24) is 5.32 Å². The van der Waals surface area contributed by atoms with Gasteiger partial charge in [0.2, 0.25) is 0 Å². The second kappa shape index (κ2) is 7.03. The number of aromatic carboxylic acids is 1. The molecule has 0 unspecified atom stereocenters. The number of halogens is 1. The zero-order chi connectivity index (χ0) is 17.9. The molecule has 0 bridgehead atoms. The van der Waals surface area contributed by atoms with Gasteiger partial charge in [-0.15, -0.1) is 0 Å². The molecule has 1 heterocycles. The molecule has 2 atom stereocenters. The van der Waals surface area contributed by atoms with Gasteiger partial charge < -0.3 is 9.84 Å². The van der Waals surface area contributed by atoms with Gasteiger partial charge in [-0.05, 0) is 23.3 Å². The molecule has 3 rings (SSSR count). The van der Waals surface area contributed by atoms with Crippen molar-refractivity contribution in [1.29, 1.82) is 0 Å². The molecule has 1 aliphatic rings. The molecule has 0 saturated carbocycles. The molecular weight excluding hydrogens is 325 g/mol. The van der Waals surface area contributed by atoms with Crippen molar-refractivity contribution >= 4 is 11.9 Å². The summed E-state index contributed by atoms with van der Waals surface area (Å²) in [4.78, 5) is 23.4. The third kappa shape index (κ3) is 3.53. The lowest BCUT2D eigenvalue weighted by Gasteiger charge is -2.44. The van der Waals surface area contributed by atoms with Crippen LogP contribution in [-0.2, 0) is 22.6 Å². The summed E-state index contributed by atoms with van der Waals surface area (Å²) < 4.78 is 19.6. The maximum Gasteiger partial charge on any atom is 0.335 e. The van der Waals surface area contributed by atoms with E-state index >= 15 is 0 Å². The van der Waals surface area contributed by atoms with E-state index in [2.05, 4.69) is 5.32 Å². The van der Waals surface area contributed by atoms with E-state index in [0.29, 0.717) is 5.56 Å². The number of ether oxygens (including phenoxy) is 1. The van der Waals surface area contributed by atoms with Crippen LogP contribution < -0.4 is 5.32 Å². The Bertz CT molecular complexity index is 763. The van der Waals surface area contributed by atoms with Crippen LogP contribution in [0.2, 0.25) is 0 Å². The lowest BCUT2D eigenvalue weighted by atomic mass is 9.80. The average molecular weight is 343 g/mol. The fourth-order valence-electron chi connectivity index (χ4n) is 2.81. The van der Waals surface area contributed by atoms with Crippen molar-refractivity contribution in [3.63, 3.8) is 0 Å². The van der Waals surface area contributed by atoms with Crippen LogP contribution in [0.25, 0.3) is 0 Å². The summed E-state index contributed by atoms with van der Waals surface area (Å²) in [5.41, 5.74) is 0.213. The van der Waals surface area contributed by atoms with Crippen LogP contribution >= 0.6 is 0 Å². The van der Waals surface area contributed by atoms with Crippen LogP contribution in [0.1, 0.15) is 21.5 Å². The van der Waals surface area contributed by atoms with Gasteiger partial charge in [-0.25, -0.2) is 14.0 Å². The Labute approximate surface area is 144 Å². The summed E-state index contributed by atoms with van der Waals surface area (Å²) in [6, 6.07) is 15.2. The van der Waals surface area contributed by atoms with Gasteiger partial charge in [-0.3, -0.25) is 5.32 Å². The molecule has 1 aliphatic heterocycles. The quantitative estimate of drug-likeness (QED) is 0.788. The molecule has 2 N–H and O–H groups in total. The Balaban J connectivity index is 1.70. The molecule has 1 saturated heterocycles. The first-order valence-corrected chi connectivity index (χ1v) is 7.94. The Morgan fingerprint density at radius 2 is 1.80 bits per heavy atom. The normalized spacial score (nSPS) is 22.0.